The smallest absolute Gasteiger partial charge is 0.166 e. The van der Waals surface area contributed by atoms with Gasteiger partial charge in [-0.25, -0.2) is 0 Å². The van der Waals surface area contributed by atoms with Gasteiger partial charge in [-0.05, 0) is 29.9 Å². The predicted molar refractivity (Wildman–Crippen MR) is 59.9 cm³/mol. The van der Waals surface area contributed by atoms with Gasteiger partial charge < -0.3 is 10.6 Å². The lowest BCUT2D eigenvalue weighted by molar-refractivity contribution is 0.891. The highest BCUT2D eigenvalue weighted by molar-refractivity contribution is 7.80. The summed E-state index contributed by atoms with van der Waals surface area (Å²) >= 11 is 10.7. The van der Waals surface area contributed by atoms with Gasteiger partial charge in [-0.2, -0.15) is 0 Å². The molecule has 0 atom stereocenters. The molecule has 0 unspecified atom stereocenters. The van der Waals surface area contributed by atoms with Crippen LogP contribution < -0.4 is 10.6 Å². The fourth-order valence-corrected chi connectivity index (χ4v) is 1.07. The van der Waals surface area contributed by atoms with Gasteiger partial charge in [-0.3, -0.25) is 0 Å². The highest BCUT2D eigenvalue weighted by Crippen LogP contribution is 2.08. The minimum atomic E-state index is 0.648. The molecule has 70 valence electrons. The van der Waals surface area contributed by atoms with E-state index in [1.165, 1.54) is 0 Å². The van der Waals surface area contributed by atoms with E-state index < -0.39 is 0 Å². The Balaban J connectivity index is 2.46. The lowest BCUT2D eigenvalue weighted by atomic mass is 10.2. The second kappa shape index (κ2) is 5.04. The summed E-state index contributed by atoms with van der Waals surface area (Å²) in [6.07, 6.45) is 0. The molecule has 13 heavy (non-hydrogen) atoms. The Bertz CT molecular complexity index is 284. The summed E-state index contributed by atoms with van der Waals surface area (Å²) in [6.45, 7) is 0.719. The van der Waals surface area contributed by atoms with Crippen LogP contribution in [0.1, 0.15) is 5.56 Å². The van der Waals surface area contributed by atoms with Crippen molar-refractivity contribution in [2.24, 2.45) is 0 Å². The van der Waals surface area contributed by atoms with Crippen LogP contribution in [0.2, 0.25) is 5.02 Å². The predicted octanol–water partition coefficient (Wildman–Crippen LogP) is 1.93. The first-order valence-electron chi connectivity index (χ1n) is 3.92. The minimum Gasteiger partial charge on any atom is -0.366 e. The van der Waals surface area contributed by atoms with Gasteiger partial charge in [-0.15, -0.1) is 0 Å². The van der Waals surface area contributed by atoms with Gasteiger partial charge in [0.05, 0.1) is 0 Å². The van der Waals surface area contributed by atoms with Crippen molar-refractivity contribution < 1.29 is 0 Å². The Hall–Kier alpha value is -0.800. The number of hydrogen-bond acceptors (Lipinski definition) is 1. The summed E-state index contributed by atoms with van der Waals surface area (Å²) in [5.74, 6) is 0. The van der Waals surface area contributed by atoms with E-state index in [0.29, 0.717) is 5.11 Å². The summed E-state index contributed by atoms with van der Waals surface area (Å²) in [5, 5.41) is 7.28. The molecular formula is C9H11ClN2S. The van der Waals surface area contributed by atoms with Gasteiger partial charge in [0, 0.05) is 18.6 Å². The van der Waals surface area contributed by atoms with Crippen LogP contribution in [0.3, 0.4) is 0 Å². The number of nitrogens with one attached hydrogen (secondary N) is 2. The van der Waals surface area contributed by atoms with Crippen molar-refractivity contribution in [2.45, 2.75) is 6.54 Å². The van der Waals surface area contributed by atoms with E-state index in [-0.39, 0.29) is 0 Å². The topological polar surface area (TPSA) is 24.1 Å². The third-order valence-electron chi connectivity index (χ3n) is 1.59. The number of halogens is 1. The van der Waals surface area contributed by atoms with Crippen LogP contribution >= 0.6 is 23.8 Å². The van der Waals surface area contributed by atoms with Crippen molar-refractivity contribution >= 4 is 28.9 Å². The Morgan fingerprint density at radius 3 is 2.54 bits per heavy atom. The first kappa shape index (κ1) is 10.3. The van der Waals surface area contributed by atoms with Gasteiger partial charge in [-0.1, -0.05) is 23.7 Å². The molecule has 1 aromatic carbocycles. The Morgan fingerprint density at radius 1 is 1.38 bits per heavy atom. The molecule has 0 heterocycles. The van der Waals surface area contributed by atoms with E-state index in [1.807, 2.05) is 24.3 Å². The average molecular weight is 215 g/mol. The van der Waals surface area contributed by atoms with Gasteiger partial charge >= 0.3 is 0 Å². The van der Waals surface area contributed by atoms with E-state index in [2.05, 4.69) is 10.6 Å². The first-order chi connectivity index (χ1) is 6.22. The largest absolute Gasteiger partial charge is 0.366 e. The van der Waals surface area contributed by atoms with Crippen LogP contribution in [-0.4, -0.2) is 12.2 Å². The molecule has 0 radical (unpaired) electrons. The quantitative estimate of drug-likeness (QED) is 0.736. The van der Waals surface area contributed by atoms with Crippen LogP contribution in [0.15, 0.2) is 24.3 Å². The summed E-state index contributed by atoms with van der Waals surface area (Å²) in [5.41, 5.74) is 1.15. The molecule has 0 saturated heterocycles. The molecule has 0 aliphatic heterocycles. The van der Waals surface area contributed by atoms with Crippen LogP contribution in [0.25, 0.3) is 0 Å². The molecule has 0 saturated carbocycles. The summed E-state index contributed by atoms with van der Waals surface area (Å²) in [6, 6.07) is 7.66. The molecule has 0 bridgehead atoms. The van der Waals surface area contributed by atoms with Gasteiger partial charge in [0.2, 0.25) is 0 Å². The molecule has 0 fully saturated rings. The Morgan fingerprint density at radius 2 is 2.00 bits per heavy atom. The number of hydrogen-bond donors (Lipinski definition) is 2. The molecule has 0 aliphatic carbocycles. The fourth-order valence-electron chi connectivity index (χ4n) is 0.873. The second-order valence-corrected chi connectivity index (χ2v) is 3.40. The molecule has 0 aromatic heterocycles. The number of thiocarbonyl (C=S) groups is 1. The van der Waals surface area contributed by atoms with Gasteiger partial charge in [0.15, 0.2) is 5.11 Å². The lowest BCUT2D eigenvalue weighted by Crippen LogP contribution is -2.31. The average Bonchev–Trinajstić information content (AvgIpc) is 2.16. The van der Waals surface area contributed by atoms with Crippen molar-refractivity contribution in [3.8, 4) is 0 Å². The summed E-state index contributed by atoms with van der Waals surface area (Å²) in [4.78, 5) is 0. The molecule has 0 spiro atoms. The zero-order chi connectivity index (χ0) is 9.68. The van der Waals surface area contributed by atoms with Crippen LogP contribution in [-0.2, 0) is 6.54 Å². The van der Waals surface area contributed by atoms with Gasteiger partial charge in [0.25, 0.3) is 0 Å². The highest BCUT2D eigenvalue weighted by atomic mass is 35.5. The van der Waals surface area contributed by atoms with E-state index in [9.17, 15) is 0 Å². The SMILES string of the molecule is CNC(=S)NCc1ccc(Cl)cc1. The second-order valence-electron chi connectivity index (χ2n) is 2.56. The summed E-state index contributed by atoms with van der Waals surface area (Å²) in [7, 11) is 1.79. The van der Waals surface area contributed by atoms with E-state index >= 15 is 0 Å². The maximum atomic E-state index is 5.74. The molecular weight excluding hydrogens is 204 g/mol. The molecule has 0 aliphatic rings. The van der Waals surface area contributed by atoms with E-state index in [4.69, 9.17) is 23.8 Å². The molecule has 1 aromatic rings. The third kappa shape index (κ3) is 3.61. The number of benzene rings is 1. The standard InChI is InChI=1S/C9H11ClN2S/c1-11-9(13)12-6-7-2-4-8(10)5-3-7/h2-5H,6H2,1H3,(H2,11,12,13). The van der Waals surface area contributed by atoms with Crippen molar-refractivity contribution in [1.82, 2.24) is 10.6 Å². The maximum absolute atomic E-state index is 5.74. The monoisotopic (exact) mass is 214 g/mol. The lowest BCUT2D eigenvalue weighted by Gasteiger charge is -2.06. The van der Waals surface area contributed by atoms with Crippen molar-refractivity contribution in [3.63, 3.8) is 0 Å². The van der Waals surface area contributed by atoms with E-state index in [1.54, 1.807) is 7.05 Å². The van der Waals surface area contributed by atoms with Crippen molar-refractivity contribution in [3.05, 3.63) is 34.9 Å². The normalized spacial score (nSPS) is 9.38. The third-order valence-corrected chi connectivity index (χ3v) is 2.19. The molecule has 2 nitrogen and oxygen atoms in total. The minimum absolute atomic E-state index is 0.648. The van der Waals surface area contributed by atoms with Crippen LogP contribution in [0.4, 0.5) is 0 Å². The fraction of sp³-hybridized carbons (Fsp3) is 0.222. The van der Waals surface area contributed by atoms with Crippen LogP contribution in [0.5, 0.6) is 0 Å². The number of rotatable bonds is 2. The maximum Gasteiger partial charge on any atom is 0.166 e. The Labute approximate surface area is 88.3 Å². The summed E-state index contributed by atoms with van der Waals surface area (Å²) < 4.78 is 0. The highest BCUT2D eigenvalue weighted by Gasteiger charge is 1.93. The molecule has 4 heteroatoms. The molecule has 1 rings (SSSR count). The Kier molecular flexibility index (Phi) is 3.99. The van der Waals surface area contributed by atoms with Crippen LogP contribution in [0, 0.1) is 0 Å². The molecule has 0 amide bonds. The zero-order valence-electron chi connectivity index (χ0n) is 7.30. The first-order valence-corrected chi connectivity index (χ1v) is 4.71. The van der Waals surface area contributed by atoms with Crippen molar-refractivity contribution in [2.75, 3.05) is 7.05 Å². The van der Waals surface area contributed by atoms with Gasteiger partial charge in [0.1, 0.15) is 0 Å². The zero-order valence-corrected chi connectivity index (χ0v) is 8.88. The van der Waals surface area contributed by atoms with E-state index in [0.717, 1.165) is 17.1 Å². The van der Waals surface area contributed by atoms with Crippen molar-refractivity contribution in [1.29, 1.82) is 0 Å². The molecule has 2 N–H and O–H groups in total.